The number of aliphatic hydroxyl groups is 1. The zero-order valence-electron chi connectivity index (χ0n) is 10.2. The van der Waals surface area contributed by atoms with Crippen LogP contribution < -0.4 is 0 Å². The zero-order valence-corrected chi connectivity index (χ0v) is 10.2. The number of hydrogen-bond donors (Lipinski definition) is 1. The van der Waals surface area contributed by atoms with Gasteiger partial charge in [-0.3, -0.25) is 4.68 Å². The van der Waals surface area contributed by atoms with Crippen molar-refractivity contribution < 1.29 is 5.11 Å². The molecule has 0 fully saturated rings. The molecule has 0 aliphatic carbocycles. The maximum atomic E-state index is 9.88. The summed E-state index contributed by atoms with van der Waals surface area (Å²) in [5.41, 5.74) is 1.30. The minimum atomic E-state index is -0.264. The lowest BCUT2D eigenvalue weighted by atomic mass is 9.87. The molecular formula is C12H22N2O. The molecule has 0 aliphatic rings. The van der Waals surface area contributed by atoms with E-state index in [2.05, 4.69) is 32.8 Å². The summed E-state index contributed by atoms with van der Waals surface area (Å²) in [5, 5.41) is 14.1. The Morgan fingerprint density at radius 1 is 1.47 bits per heavy atom. The third kappa shape index (κ3) is 4.47. The Balaban J connectivity index is 2.47. The SMILES string of the molecule is CCn1cc(CC(O)CC(C)(C)C)cn1. The fraction of sp³-hybridized carbons (Fsp3) is 0.750. The van der Waals surface area contributed by atoms with Gasteiger partial charge in [-0.2, -0.15) is 5.10 Å². The Bertz CT molecular complexity index is 299. The second-order valence-corrected chi connectivity index (χ2v) is 5.33. The molecule has 1 N–H and O–H groups in total. The van der Waals surface area contributed by atoms with E-state index in [-0.39, 0.29) is 11.5 Å². The van der Waals surface area contributed by atoms with E-state index < -0.39 is 0 Å². The molecule has 1 aromatic heterocycles. The maximum Gasteiger partial charge on any atom is 0.0586 e. The first-order valence-corrected chi connectivity index (χ1v) is 5.60. The molecule has 0 saturated carbocycles. The summed E-state index contributed by atoms with van der Waals surface area (Å²) in [5.74, 6) is 0. The first-order chi connectivity index (χ1) is 6.90. The van der Waals surface area contributed by atoms with Crippen molar-refractivity contribution >= 4 is 0 Å². The Kier molecular flexibility index (Phi) is 3.91. The number of aryl methyl sites for hydroxylation is 1. The van der Waals surface area contributed by atoms with Crippen molar-refractivity contribution in [1.29, 1.82) is 0 Å². The summed E-state index contributed by atoms with van der Waals surface area (Å²) < 4.78 is 1.89. The van der Waals surface area contributed by atoms with E-state index in [0.717, 1.165) is 18.5 Å². The van der Waals surface area contributed by atoms with E-state index in [1.165, 1.54) is 0 Å². The van der Waals surface area contributed by atoms with Gasteiger partial charge in [-0.1, -0.05) is 20.8 Å². The van der Waals surface area contributed by atoms with Gasteiger partial charge >= 0.3 is 0 Å². The second-order valence-electron chi connectivity index (χ2n) is 5.33. The second kappa shape index (κ2) is 4.79. The Hall–Kier alpha value is -0.830. The van der Waals surface area contributed by atoms with Crippen LogP contribution in [-0.2, 0) is 13.0 Å². The summed E-state index contributed by atoms with van der Waals surface area (Å²) in [6.45, 7) is 9.38. The van der Waals surface area contributed by atoms with Gasteiger partial charge in [-0.15, -0.1) is 0 Å². The molecule has 0 aromatic carbocycles. The third-order valence-electron chi connectivity index (χ3n) is 2.33. The maximum absolute atomic E-state index is 9.88. The molecule has 1 rings (SSSR count). The lowest BCUT2D eigenvalue weighted by Gasteiger charge is -2.21. The van der Waals surface area contributed by atoms with Crippen LogP contribution in [0, 0.1) is 5.41 Å². The van der Waals surface area contributed by atoms with Crippen LogP contribution in [0.4, 0.5) is 0 Å². The van der Waals surface area contributed by atoms with Crippen LogP contribution in [0.3, 0.4) is 0 Å². The predicted molar refractivity (Wildman–Crippen MR) is 61.7 cm³/mol. The molecule has 0 amide bonds. The Morgan fingerprint density at radius 2 is 2.13 bits per heavy atom. The van der Waals surface area contributed by atoms with Crippen LogP contribution in [0.1, 0.15) is 39.7 Å². The molecule has 0 saturated heterocycles. The first kappa shape index (κ1) is 12.2. The minimum absolute atomic E-state index is 0.181. The van der Waals surface area contributed by atoms with Crippen molar-refractivity contribution in [3.8, 4) is 0 Å². The lowest BCUT2D eigenvalue weighted by molar-refractivity contribution is 0.121. The Morgan fingerprint density at radius 3 is 2.60 bits per heavy atom. The molecule has 86 valence electrons. The standard InChI is InChI=1S/C12H22N2O/c1-5-14-9-10(8-13-14)6-11(15)7-12(2,3)4/h8-9,11,15H,5-7H2,1-4H3. The molecule has 1 aromatic rings. The van der Waals surface area contributed by atoms with E-state index in [0.29, 0.717) is 6.42 Å². The van der Waals surface area contributed by atoms with E-state index in [4.69, 9.17) is 0 Å². The van der Waals surface area contributed by atoms with Crippen LogP contribution in [0.15, 0.2) is 12.4 Å². The van der Waals surface area contributed by atoms with Gasteiger partial charge in [0.1, 0.15) is 0 Å². The van der Waals surface area contributed by atoms with Gasteiger partial charge < -0.3 is 5.11 Å². The summed E-state index contributed by atoms with van der Waals surface area (Å²) in [7, 11) is 0. The van der Waals surface area contributed by atoms with Gasteiger partial charge in [-0.05, 0) is 24.3 Å². The highest BCUT2D eigenvalue weighted by Crippen LogP contribution is 2.22. The van der Waals surface area contributed by atoms with Gasteiger partial charge in [0, 0.05) is 19.2 Å². The third-order valence-corrected chi connectivity index (χ3v) is 2.33. The minimum Gasteiger partial charge on any atom is -0.393 e. The van der Waals surface area contributed by atoms with Crippen LogP contribution in [-0.4, -0.2) is 21.0 Å². The van der Waals surface area contributed by atoms with Crippen molar-refractivity contribution in [2.45, 2.75) is 53.2 Å². The van der Waals surface area contributed by atoms with E-state index in [9.17, 15) is 5.11 Å². The average molecular weight is 210 g/mol. The molecule has 0 bridgehead atoms. The molecule has 0 aliphatic heterocycles. The van der Waals surface area contributed by atoms with Crippen molar-refractivity contribution in [1.82, 2.24) is 9.78 Å². The summed E-state index contributed by atoms with van der Waals surface area (Å²) in [6, 6.07) is 0. The first-order valence-electron chi connectivity index (χ1n) is 5.60. The van der Waals surface area contributed by atoms with E-state index >= 15 is 0 Å². The van der Waals surface area contributed by atoms with Gasteiger partial charge in [-0.25, -0.2) is 0 Å². The van der Waals surface area contributed by atoms with Crippen molar-refractivity contribution in [3.63, 3.8) is 0 Å². The van der Waals surface area contributed by atoms with Crippen molar-refractivity contribution in [3.05, 3.63) is 18.0 Å². The van der Waals surface area contributed by atoms with Gasteiger partial charge in [0.2, 0.25) is 0 Å². The molecule has 1 unspecified atom stereocenters. The number of aromatic nitrogens is 2. The molecule has 1 atom stereocenters. The molecular weight excluding hydrogens is 188 g/mol. The van der Waals surface area contributed by atoms with Crippen LogP contribution in [0.25, 0.3) is 0 Å². The largest absolute Gasteiger partial charge is 0.393 e. The molecule has 1 heterocycles. The number of nitrogens with zero attached hydrogens (tertiary/aromatic N) is 2. The average Bonchev–Trinajstić information content (AvgIpc) is 2.48. The quantitative estimate of drug-likeness (QED) is 0.827. The number of hydrogen-bond acceptors (Lipinski definition) is 2. The molecule has 3 nitrogen and oxygen atoms in total. The topological polar surface area (TPSA) is 38.0 Å². The molecule has 3 heteroatoms. The summed E-state index contributed by atoms with van der Waals surface area (Å²) in [6.07, 6.45) is 5.11. The Labute approximate surface area is 92.1 Å². The predicted octanol–water partition coefficient (Wildman–Crippen LogP) is 2.24. The normalized spacial score (nSPS) is 14.2. The van der Waals surface area contributed by atoms with Crippen LogP contribution in [0.2, 0.25) is 0 Å². The van der Waals surface area contributed by atoms with E-state index in [1.54, 1.807) is 0 Å². The fourth-order valence-corrected chi connectivity index (χ4v) is 1.74. The van der Waals surface area contributed by atoms with Gasteiger partial charge in [0.15, 0.2) is 0 Å². The number of aliphatic hydroxyl groups excluding tert-OH is 1. The van der Waals surface area contributed by atoms with E-state index in [1.807, 2.05) is 17.1 Å². The summed E-state index contributed by atoms with van der Waals surface area (Å²) >= 11 is 0. The van der Waals surface area contributed by atoms with Crippen molar-refractivity contribution in [2.75, 3.05) is 0 Å². The fourth-order valence-electron chi connectivity index (χ4n) is 1.74. The van der Waals surface area contributed by atoms with Crippen molar-refractivity contribution in [2.24, 2.45) is 5.41 Å². The zero-order chi connectivity index (χ0) is 11.5. The molecule has 0 radical (unpaired) electrons. The highest BCUT2D eigenvalue weighted by Gasteiger charge is 2.17. The smallest absolute Gasteiger partial charge is 0.0586 e. The highest BCUT2D eigenvalue weighted by atomic mass is 16.3. The van der Waals surface area contributed by atoms with Gasteiger partial charge in [0.05, 0.1) is 12.3 Å². The summed E-state index contributed by atoms with van der Waals surface area (Å²) in [4.78, 5) is 0. The van der Waals surface area contributed by atoms with Crippen LogP contribution >= 0.6 is 0 Å². The number of rotatable bonds is 4. The molecule has 0 spiro atoms. The lowest BCUT2D eigenvalue weighted by Crippen LogP contribution is -2.19. The molecule has 15 heavy (non-hydrogen) atoms. The monoisotopic (exact) mass is 210 g/mol. The van der Waals surface area contributed by atoms with Gasteiger partial charge in [0.25, 0.3) is 0 Å². The highest BCUT2D eigenvalue weighted by molar-refractivity contribution is 5.05. The van der Waals surface area contributed by atoms with Crippen LogP contribution in [0.5, 0.6) is 0 Å².